The summed E-state index contributed by atoms with van der Waals surface area (Å²) < 4.78 is 1.67. The van der Waals surface area contributed by atoms with Gasteiger partial charge in [-0.15, -0.1) is 6.58 Å². The number of nitrogens with zero attached hydrogens (tertiary/aromatic N) is 1. The summed E-state index contributed by atoms with van der Waals surface area (Å²) in [5.74, 6) is 1.95. The summed E-state index contributed by atoms with van der Waals surface area (Å²) in [6.07, 6.45) is 1.90. The predicted molar refractivity (Wildman–Crippen MR) is 85.2 cm³/mol. The predicted octanol–water partition coefficient (Wildman–Crippen LogP) is 2.87. The number of hydrogen-bond acceptors (Lipinski definition) is 3. The summed E-state index contributed by atoms with van der Waals surface area (Å²) in [5, 5.41) is 4.43. The fourth-order valence-corrected chi connectivity index (χ4v) is 2.56. The minimum atomic E-state index is 0.0138. The van der Waals surface area contributed by atoms with Gasteiger partial charge < -0.3 is 9.88 Å². The Balaban J connectivity index is 2.21. The monoisotopic (exact) mass is 274 g/mol. The number of hydrogen-bond donors (Lipinski definition) is 1. The van der Waals surface area contributed by atoms with Crippen LogP contribution in [0.25, 0.3) is 10.9 Å². The molecule has 0 radical (unpaired) electrons. The van der Waals surface area contributed by atoms with Crippen molar-refractivity contribution in [1.29, 1.82) is 0 Å². The van der Waals surface area contributed by atoms with Crippen molar-refractivity contribution in [3.8, 4) is 0 Å². The number of aryl methyl sites for hydroxylation is 1. The number of benzene rings is 1. The molecule has 3 nitrogen and oxygen atoms in total. The van der Waals surface area contributed by atoms with Crippen LogP contribution in [0, 0.1) is 0 Å². The molecule has 0 aliphatic carbocycles. The zero-order valence-electron chi connectivity index (χ0n) is 11.1. The first kappa shape index (κ1) is 13.7. The summed E-state index contributed by atoms with van der Waals surface area (Å²) >= 11 is 1.82. The number of thioether (sulfide) groups is 1. The molecular formula is C15H18N2OS. The SMILES string of the molecule is C=CCSCCNc1cc(=O)n(C)c2ccccc12. The molecule has 0 saturated heterocycles. The minimum absolute atomic E-state index is 0.0138. The number of rotatable bonds is 6. The van der Waals surface area contributed by atoms with Gasteiger partial charge in [-0.05, 0) is 6.07 Å². The Labute approximate surface area is 117 Å². The topological polar surface area (TPSA) is 34.0 Å². The number of pyridine rings is 1. The second-order valence-electron chi connectivity index (χ2n) is 4.26. The van der Waals surface area contributed by atoms with Gasteiger partial charge in [-0.1, -0.05) is 24.3 Å². The first-order valence-corrected chi connectivity index (χ1v) is 7.41. The molecule has 0 atom stereocenters. The Morgan fingerprint density at radius 3 is 3.00 bits per heavy atom. The molecule has 1 aromatic carbocycles. The van der Waals surface area contributed by atoms with Gasteiger partial charge >= 0.3 is 0 Å². The molecule has 0 amide bonds. The van der Waals surface area contributed by atoms with Crippen molar-refractivity contribution < 1.29 is 0 Å². The largest absolute Gasteiger partial charge is 0.384 e. The highest BCUT2D eigenvalue weighted by atomic mass is 32.2. The van der Waals surface area contributed by atoms with Crippen molar-refractivity contribution in [2.24, 2.45) is 7.05 Å². The smallest absolute Gasteiger partial charge is 0.252 e. The molecule has 2 aromatic rings. The first-order valence-electron chi connectivity index (χ1n) is 6.25. The molecular weight excluding hydrogens is 256 g/mol. The highest BCUT2D eigenvalue weighted by molar-refractivity contribution is 7.99. The lowest BCUT2D eigenvalue weighted by molar-refractivity contribution is 0.906. The maximum Gasteiger partial charge on any atom is 0.252 e. The lowest BCUT2D eigenvalue weighted by Crippen LogP contribution is -2.18. The zero-order valence-corrected chi connectivity index (χ0v) is 11.9. The molecule has 0 unspecified atom stereocenters. The van der Waals surface area contributed by atoms with E-state index in [1.165, 1.54) is 0 Å². The molecule has 19 heavy (non-hydrogen) atoms. The quantitative estimate of drug-likeness (QED) is 0.649. The standard InChI is InChI=1S/C15H18N2OS/c1-3-9-19-10-8-16-13-11-15(18)17(2)14-7-5-4-6-12(13)14/h3-7,11,16H,1,8-10H2,2H3. The molecule has 1 aromatic heterocycles. The van der Waals surface area contributed by atoms with Gasteiger partial charge in [0.1, 0.15) is 0 Å². The third-order valence-corrected chi connectivity index (χ3v) is 3.92. The average molecular weight is 274 g/mol. The van der Waals surface area contributed by atoms with Gasteiger partial charge in [-0.3, -0.25) is 4.79 Å². The fourth-order valence-electron chi connectivity index (χ4n) is 1.98. The Kier molecular flexibility index (Phi) is 4.68. The van der Waals surface area contributed by atoms with Crippen LogP contribution in [0.3, 0.4) is 0 Å². The van der Waals surface area contributed by atoms with Crippen molar-refractivity contribution in [3.63, 3.8) is 0 Å². The van der Waals surface area contributed by atoms with Crippen LogP contribution in [0.4, 0.5) is 5.69 Å². The number of aromatic nitrogens is 1. The molecule has 4 heteroatoms. The van der Waals surface area contributed by atoms with E-state index in [0.29, 0.717) is 0 Å². The van der Waals surface area contributed by atoms with Crippen molar-refractivity contribution >= 4 is 28.4 Å². The third kappa shape index (κ3) is 3.20. The molecule has 0 fully saturated rings. The summed E-state index contributed by atoms with van der Waals surface area (Å²) in [7, 11) is 1.80. The van der Waals surface area contributed by atoms with E-state index >= 15 is 0 Å². The molecule has 2 rings (SSSR count). The Morgan fingerprint density at radius 2 is 2.21 bits per heavy atom. The van der Waals surface area contributed by atoms with Gasteiger partial charge in [0.15, 0.2) is 0 Å². The van der Waals surface area contributed by atoms with E-state index in [-0.39, 0.29) is 5.56 Å². The fraction of sp³-hybridized carbons (Fsp3) is 0.267. The van der Waals surface area contributed by atoms with Gasteiger partial charge in [-0.25, -0.2) is 0 Å². The molecule has 1 heterocycles. The summed E-state index contributed by atoms with van der Waals surface area (Å²) in [5.41, 5.74) is 1.88. The van der Waals surface area contributed by atoms with Crippen molar-refractivity contribution in [3.05, 3.63) is 53.3 Å². The molecule has 1 N–H and O–H groups in total. The summed E-state index contributed by atoms with van der Waals surface area (Å²) in [6.45, 7) is 4.54. The number of nitrogens with one attached hydrogen (secondary N) is 1. The second-order valence-corrected chi connectivity index (χ2v) is 5.41. The van der Waals surface area contributed by atoms with Crippen LogP contribution in [0.1, 0.15) is 0 Å². The lowest BCUT2D eigenvalue weighted by Gasteiger charge is -2.11. The maximum atomic E-state index is 11.9. The van der Waals surface area contributed by atoms with E-state index in [4.69, 9.17) is 0 Å². The highest BCUT2D eigenvalue weighted by Gasteiger charge is 2.05. The molecule has 0 spiro atoms. The summed E-state index contributed by atoms with van der Waals surface area (Å²) in [4.78, 5) is 11.9. The zero-order chi connectivity index (χ0) is 13.7. The van der Waals surface area contributed by atoms with E-state index in [0.717, 1.165) is 34.6 Å². The second kappa shape index (κ2) is 6.48. The van der Waals surface area contributed by atoms with Gasteiger partial charge in [0, 0.05) is 42.2 Å². The van der Waals surface area contributed by atoms with Crippen LogP contribution in [0.15, 0.2) is 47.8 Å². The molecule has 100 valence electrons. The van der Waals surface area contributed by atoms with E-state index in [1.807, 2.05) is 42.1 Å². The van der Waals surface area contributed by atoms with E-state index in [1.54, 1.807) is 17.7 Å². The third-order valence-electron chi connectivity index (χ3n) is 2.95. The lowest BCUT2D eigenvalue weighted by atomic mass is 10.2. The van der Waals surface area contributed by atoms with E-state index in [2.05, 4.69) is 11.9 Å². The van der Waals surface area contributed by atoms with Gasteiger partial charge in [0.25, 0.3) is 5.56 Å². The van der Waals surface area contributed by atoms with Crippen LogP contribution in [0.5, 0.6) is 0 Å². The van der Waals surface area contributed by atoms with E-state index in [9.17, 15) is 4.79 Å². The normalized spacial score (nSPS) is 10.6. The number of fused-ring (bicyclic) bond motifs is 1. The Morgan fingerprint density at radius 1 is 1.42 bits per heavy atom. The maximum absolute atomic E-state index is 11.9. The van der Waals surface area contributed by atoms with Crippen molar-refractivity contribution in [2.45, 2.75) is 0 Å². The minimum Gasteiger partial charge on any atom is -0.384 e. The van der Waals surface area contributed by atoms with Gasteiger partial charge in [-0.2, -0.15) is 11.8 Å². The van der Waals surface area contributed by atoms with Crippen LogP contribution in [-0.2, 0) is 7.05 Å². The highest BCUT2D eigenvalue weighted by Crippen LogP contribution is 2.20. The van der Waals surface area contributed by atoms with Crippen LogP contribution in [-0.4, -0.2) is 22.6 Å². The molecule has 0 saturated carbocycles. The van der Waals surface area contributed by atoms with E-state index < -0.39 is 0 Å². The molecule has 0 bridgehead atoms. The van der Waals surface area contributed by atoms with Crippen molar-refractivity contribution in [2.75, 3.05) is 23.4 Å². The number of para-hydroxylation sites is 1. The average Bonchev–Trinajstić information content (AvgIpc) is 2.44. The Bertz CT molecular complexity index is 634. The van der Waals surface area contributed by atoms with Gasteiger partial charge in [0.05, 0.1) is 5.52 Å². The van der Waals surface area contributed by atoms with Crippen molar-refractivity contribution in [1.82, 2.24) is 4.57 Å². The summed E-state index contributed by atoms with van der Waals surface area (Å²) in [6, 6.07) is 9.61. The number of anilines is 1. The van der Waals surface area contributed by atoms with Crippen LogP contribution in [0.2, 0.25) is 0 Å². The van der Waals surface area contributed by atoms with Crippen LogP contribution < -0.4 is 10.9 Å². The molecule has 0 aliphatic heterocycles. The Hall–Kier alpha value is -1.68. The first-order chi connectivity index (χ1) is 9.24. The molecule has 0 aliphatic rings. The van der Waals surface area contributed by atoms with Crippen LogP contribution >= 0.6 is 11.8 Å². The van der Waals surface area contributed by atoms with Gasteiger partial charge in [0.2, 0.25) is 0 Å².